The molecule has 0 radical (unpaired) electrons. The van der Waals surface area contributed by atoms with Gasteiger partial charge in [0.25, 0.3) is 0 Å². The smallest absolute Gasteiger partial charge is 0.164 e. The first-order valence-corrected chi connectivity index (χ1v) is 8.37. The largest absolute Gasteiger partial charge is 0.493 e. The zero-order valence-electron chi connectivity index (χ0n) is 14.7. The van der Waals surface area contributed by atoms with Crippen molar-refractivity contribution in [3.63, 3.8) is 0 Å². The summed E-state index contributed by atoms with van der Waals surface area (Å²) in [4.78, 5) is 0. The van der Waals surface area contributed by atoms with Gasteiger partial charge < -0.3 is 19.9 Å². The summed E-state index contributed by atoms with van der Waals surface area (Å²) in [6.07, 6.45) is 0.754. The van der Waals surface area contributed by atoms with E-state index in [0.29, 0.717) is 25.7 Å². The fourth-order valence-corrected chi connectivity index (χ4v) is 2.49. The lowest BCUT2D eigenvalue weighted by Gasteiger charge is -2.15. The first-order chi connectivity index (χ1) is 11.7. The minimum atomic E-state index is 0.448. The van der Waals surface area contributed by atoms with E-state index in [2.05, 4.69) is 26.0 Å². The van der Waals surface area contributed by atoms with E-state index in [1.54, 1.807) is 7.11 Å². The minimum absolute atomic E-state index is 0.448. The molecule has 0 aliphatic rings. The van der Waals surface area contributed by atoms with Gasteiger partial charge in [0.1, 0.15) is 19.0 Å². The number of hydrogen-bond donors (Lipinski definition) is 1. The Labute approximate surface area is 144 Å². The van der Waals surface area contributed by atoms with Crippen molar-refractivity contribution in [1.29, 1.82) is 0 Å². The molecule has 2 rings (SSSR count). The average molecular weight is 329 g/mol. The van der Waals surface area contributed by atoms with Crippen LogP contribution in [0.3, 0.4) is 0 Å². The van der Waals surface area contributed by atoms with Gasteiger partial charge in [0.05, 0.1) is 7.11 Å². The highest BCUT2D eigenvalue weighted by molar-refractivity contribution is 5.46. The van der Waals surface area contributed by atoms with Gasteiger partial charge in [-0.2, -0.15) is 0 Å². The van der Waals surface area contributed by atoms with Gasteiger partial charge in [-0.1, -0.05) is 38.1 Å². The van der Waals surface area contributed by atoms with E-state index in [4.69, 9.17) is 19.9 Å². The van der Waals surface area contributed by atoms with Crippen LogP contribution in [0, 0.1) is 0 Å². The van der Waals surface area contributed by atoms with E-state index >= 15 is 0 Å². The van der Waals surface area contributed by atoms with E-state index in [9.17, 15) is 0 Å². The molecule has 0 aliphatic carbocycles. The van der Waals surface area contributed by atoms with Crippen molar-refractivity contribution >= 4 is 0 Å². The van der Waals surface area contributed by atoms with Crippen molar-refractivity contribution in [2.24, 2.45) is 5.73 Å². The monoisotopic (exact) mass is 329 g/mol. The number of rotatable bonds is 9. The highest BCUT2D eigenvalue weighted by atomic mass is 16.5. The molecule has 4 heteroatoms. The molecule has 0 spiro atoms. The Morgan fingerprint density at radius 2 is 1.67 bits per heavy atom. The summed E-state index contributed by atoms with van der Waals surface area (Å²) < 4.78 is 17.0. The van der Waals surface area contributed by atoms with Gasteiger partial charge in [0.15, 0.2) is 11.5 Å². The van der Waals surface area contributed by atoms with E-state index in [1.807, 2.05) is 30.3 Å². The number of ether oxygens (including phenoxy) is 3. The molecule has 0 aliphatic heterocycles. The van der Waals surface area contributed by atoms with Crippen molar-refractivity contribution in [2.75, 3.05) is 26.9 Å². The normalized spacial score (nSPS) is 10.7. The molecule has 0 bridgehead atoms. The Morgan fingerprint density at radius 1 is 0.958 bits per heavy atom. The van der Waals surface area contributed by atoms with Crippen molar-refractivity contribution in [2.45, 2.75) is 26.2 Å². The summed E-state index contributed by atoms with van der Waals surface area (Å²) in [5.41, 5.74) is 8.02. The lowest BCUT2D eigenvalue weighted by Crippen LogP contribution is -2.12. The van der Waals surface area contributed by atoms with Gasteiger partial charge in [-0.3, -0.25) is 0 Å². The fourth-order valence-electron chi connectivity index (χ4n) is 2.49. The standard InChI is InChI=1S/C20H27NO3/c1-15(2)16-7-9-18(10-8-16)23-13-14-24-20-17(11-12-21)5-4-6-19(20)22-3/h4-10,15H,11-14,21H2,1-3H3. The number of methoxy groups -OCH3 is 1. The highest BCUT2D eigenvalue weighted by Gasteiger charge is 2.10. The molecule has 0 atom stereocenters. The number of benzene rings is 2. The summed E-state index contributed by atoms with van der Waals surface area (Å²) >= 11 is 0. The molecular formula is C20H27NO3. The third-order valence-corrected chi connectivity index (χ3v) is 3.84. The van der Waals surface area contributed by atoms with Crippen LogP contribution in [0.15, 0.2) is 42.5 Å². The molecule has 24 heavy (non-hydrogen) atoms. The van der Waals surface area contributed by atoms with E-state index in [1.165, 1.54) is 5.56 Å². The second kappa shape index (κ2) is 9.18. The van der Waals surface area contributed by atoms with Crippen molar-refractivity contribution in [3.8, 4) is 17.2 Å². The summed E-state index contributed by atoms with van der Waals surface area (Å²) in [5.74, 6) is 2.85. The molecule has 0 saturated heterocycles. The molecule has 0 heterocycles. The van der Waals surface area contributed by atoms with Crippen LogP contribution < -0.4 is 19.9 Å². The zero-order chi connectivity index (χ0) is 17.4. The molecule has 0 aromatic heterocycles. The van der Waals surface area contributed by atoms with Crippen LogP contribution in [-0.2, 0) is 6.42 Å². The lowest BCUT2D eigenvalue weighted by molar-refractivity contribution is 0.210. The molecule has 2 aromatic rings. The topological polar surface area (TPSA) is 53.7 Å². The quantitative estimate of drug-likeness (QED) is 0.711. The first kappa shape index (κ1) is 18.1. The third kappa shape index (κ3) is 4.90. The average Bonchev–Trinajstić information content (AvgIpc) is 2.60. The van der Waals surface area contributed by atoms with Gasteiger partial charge in [-0.15, -0.1) is 0 Å². The van der Waals surface area contributed by atoms with Crippen molar-refractivity contribution in [1.82, 2.24) is 0 Å². The molecular weight excluding hydrogens is 302 g/mol. The van der Waals surface area contributed by atoms with Crippen LogP contribution in [-0.4, -0.2) is 26.9 Å². The molecule has 2 aromatic carbocycles. The number of nitrogens with two attached hydrogens (primary N) is 1. The molecule has 4 nitrogen and oxygen atoms in total. The Hall–Kier alpha value is -2.20. The predicted molar refractivity (Wildman–Crippen MR) is 97.3 cm³/mol. The van der Waals surface area contributed by atoms with Gasteiger partial charge in [-0.05, 0) is 48.2 Å². The van der Waals surface area contributed by atoms with Gasteiger partial charge in [0, 0.05) is 0 Å². The van der Waals surface area contributed by atoms with Crippen LogP contribution in [0.1, 0.15) is 30.9 Å². The van der Waals surface area contributed by atoms with Crippen LogP contribution >= 0.6 is 0 Å². The Morgan fingerprint density at radius 3 is 2.29 bits per heavy atom. The second-order valence-corrected chi connectivity index (χ2v) is 5.91. The molecule has 0 fully saturated rings. The van der Waals surface area contributed by atoms with Crippen molar-refractivity contribution in [3.05, 3.63) is 53.6 Å². The van der Waals surface area contributed by atoms with E-state index in [0.717, 1.165) is 29.2 Å². The summed E-state index contributed by atoms with van der Waals surface area (Å²) in [5, 5.41) is 0. The predicted octanol–water partition coefficient (Wildman–Crippen LogP) is 3.78. The molecule has 0 saturated carbocycles. The maximum absolute atomic E-state index is 5.89. The van der Waals surface area contributed by atoms with Crippen LogP contribution in [0.25, 0.3) is 0 Å². The van der Waals surface area contributed by atoms with Crippen LogP contribution in [0.2, 0.25) is 0 Å². The SMILES string of the molecule is COc1cccc(CCN)c1OCCOc1ccc(C(C)C)cc1. The van der Waals surface area contributed by atoms with Crippen LogP contribution in [0.4, 0.5) is 0 Å². The molecule has 0 amide bonds. The maximum Gasteiger partial charge on any atom is 0.164 e. The molecule has 0 unspecified atom stereocenters. The highest BCUT2D eigenvalue weighted by Crippen LogP contribution is 2.31. The van der Waals surface area contributed by atoms with E-state index in [-0.39, 0.29) is 0 Å². The maximum atomic E-state index is 5.89. The Bertz CT molecular complexity index is 623. The van der Waals surface area contributed by atoms with Gasteiger partial charge >= 0.3 is 0 Å². The van der Waals surface area contributed by atoms with Gasteiger partial charge in [-0.25, -0.2) is 0 Å². The summed E-state index contributed by atoms with van der Waals surface area (Å²) in [6.45, 7) is 5.85. The zero-order valence-corrected chi connectivity index (χ0v) is 14.7. The minimum Gasteiger partial charge on any atom is -0.493 e. The second-order valence-electron chi connectivity index (χ2n) is 5.91. The molecule has 130 valence electrons. The summed E-state index contributed by atoms with van der Waals surface area (Å²) in [6, 6.07) is 14.0. The van der Waals surface area contributed by atoms with Gasteiger partial charge in [0.2, 0.25) is 0 Å². The van der Waals surface area contributed by atoms with Crippen LogP contribution in [0.5, 0.6) is 17.2 Å². The first-order valence-electron chi connectivity index (χ1n) is 8.37. The lowest BCUT2D eigenvalue weighted by atomic mass is 10.0. The fraction of sp³-hybridized carbons (Fsp3) is 0.400. The Kier molecular flexibility index (Phi) is 6.94. The molecule has 2 N–H and O–H groups in total. The number of hydrogen-bond acceptors (Lipinski definition) is 4. The number of para-hydroxylation sites is 1. The summed E-state index contributed by atoms with van der Waals surface area (Å²) in [7, 11) is 1.64. The Balaban J connectivity index is 1.90. The van der Waals surface area contributed by atoms with Crippen molar-refractivity contribution < 1.29 is 14.2 Å². The van der Waals surface area contributed by atoms with E-state index < -0.39 is 0 Å². The third-order valence-electron chi connectivity index (χ3n) is 3.84.